The van der Waals surface area contributed by atoms with E-state index in [1.807, 2.05) is 0 Å². The molecule has 4 rings (SSSR count). The minimum absolute atomic E-state index is 0.0159. The Balaban J connectivity index is 1.75. The fourth-order valence-corrected chi connectivity index (χ4v) is 5.39. The van der Waals surface area contributed by atoms with Gasteiger partial charge in [-0.05, 0) is 70.5 Å². The highest BCUT2D eigenvalue weighted by Gasteiger charge is 2.37. The molecule has 3 aromatic rings. The number of imide groups is 2. The Morgan fingerprint density at radius 1 is 0.825 bits per heavy atom. The van der Waals surface area contributed by atoms with Crippen molar-refractivity contribution in [1.29, 1.82) is 0 Å². The molecule has 10 nitrogen and oxygen atoms in total. The number of hydrogen-bond acceptors (Lipinski definition) is 8. The predicted molar refractivity (Wildman–Crippen MR) is 156 cm³/mol. The number of urea groups is 1. The first-order valence-corrected chi connectivity index (χ1v) is 13.6. The topological polar surface area (TPSA) is 120 Å². The second-order valence-electron chi connectivity index (χ2n) is 8.04. The molecule has 0 bridgehead atoms. The molecule has 0 unspecified atom stereocenters. The second-order valence-corrected chi connectivity index (χ2v) is 10.7. The van der Waals surface area contributed by atoms with E-state index in [1.54, 1.807) is 36.4 Å². The van der Waals surface area contributed by atoms with Crippen LogP contribution in [0.4, 0.5) is 10.5 Å². The van der Waals surface area contributed by atoms with Crippen molar-refractivity contribution in [3.8, 4) is 23.0 Å². The number of amides is 4. The first-order chi connectivity index (χ1) is 19.1. The number of hydrogen-bond donors (Lipinski definition) is 1. The van der Waals surface area contributed by atoms with E-state index in [1.165, 1.54) is 39.5 Å². The van der Waals surface area contributed by atoms with E-state index < -0.39 is 23.8 Å². The Bertz CT molecular complexity index is 1550. The Morgan fingerprint density at radius 2 is 1.45 bits per heavy atom. The molecule has 3 aromatic carbocycles. The molecule has 0 saturated carbocycles. The summed E-state index contributed by atoms with van der Waals surface area (Å²) in [4.78, 5) is 52.7. The van der Waals surface area contributed by atoms with E-state index in [0.29, 0.717) is 14.7 Å². The minimum Gasteiger partial charge on any atom is -0.493 e. The van der Waals surface area contributed by atoms with Crippen LogP contribution >= 0.6 is 47.8 Å². The SMILES string of the molecule is COc1cc(C(=O)Oc2c(Br)cc(Br)cc2/C=C2/C(=O)NC(=O)N(c3ccc(Br)cc3)C2=O)cc(OC)c1OC. The van der Waals surface area contributed by atoms with Crippen LogP contribution in [0.25, 0.3) is 6.08 Å². The van der Waals surface area contributed by atoms with Gasteiger partial charge in [-0.1, -0.05) is 31.9 Å². The van der Waals surface area contributed by atoms with Gasteiger partial charge in [-0.3, -0.25) is 14.9 Å². The Kier molecular flexibility index (Phi) is 8.96. The van der Waals surface area contributed by atoms with E-state index in [4.69, 9.17) is 18.9 Å². The number of methoxy groups -OCH3 is 3. The molecule has 1 heterocycles. The summed E-state index contributed by atoms with van der Waals surface area (Å²) in [6.07, 6.45) is 1.24. The lowest BCUT2D eigenvalue weighted by Crippen LogP contribution is -2.54. The number of benzene rings is 3. The van der Waals surface area contributed by atoms with E-state index in [0.717, 1.165) is 9.37 Å². The molecule has 13 heteroatoms. The third-order valence-corrected chi connectivity index (χ3v) is 7.19. The van der Waals surface area contributed by atoms with Gasteiger partial charge in [-0.15, -0.1) is 0 Å². The quantitative estimate of drug-likeness (QED) is 0.138. The van der Waals surface area contributed by atoms with Crippen LogP contribution in [0.5, 0.6) is 23.0 Å². The van der Waals surface area contributed by atoms with Gasteiger partial charge in [0, 0.05) is 14.5 Å². The number of nitrogens with one attached hydrogen (secondary N) is 1. The van der Waals surface area contributed by atoms with Gasteiger partial charge in [0.1, 0.15) is 5.57 Å². The van der Waals surface area contributed by atoms with Crippen molar-refractivity contribution < 1.29 is 38.1 Å². The molecular formula is C27H19Br3N2O8. The Hall–Kier alpha value is -3.68. The maximum atomic E-state index is 13.4. The van der Waals surface area contributed by atoms with Gasteiger partial charge in [-0.25, -0.2) is 14.5 Å². The summed E-state index contributed by atoms with van der Waals surface area (Å²) >= 11 is 10.1. The van der Waals surface area contributed by atoms with Crippen molar-refractivity contribution in [2.45, 2.75) is 0 Å². The molecule has 0 aromatic heterocycles. The molecule has 206 valence electrons. The van der Waals surface area contributed by atoms with Crippen LogP contribution in [-0.4, -0.2) is 45.1 Å². The standard InChI is InChI=1S/C27H19Br3N2O8/c1-37-20-10-14(11-21(38-2)23(20)39-3)26(35)40-22-13(8-16(29)12-19(22)30)9-18-24(33)31-27(36)32(25(18)34)17-6-4-15(28)5-7-17/h4-12H,1-3H3,(H,31,33,36)/b18-9-. The summed E-state index contributed by atoms with van der Waals surface area (Å²) in [6.45, 7) is 0. The minimum atomic E-state index is -0.902. The van der Waals surface area contributed by atoms with Crippen molar-refractivity contribution >= 4 is 83.4 Å². The van der Waals surface area contributed by atoms with Crippen molar-refractivity contribution in [3.05, 3.63) is 78.6 Å². The number of ether oxygens (including phenoxy) is 4. The van der Waals surface area contributed by atoms with Crippen LogP contribution < -0.4 is 29.2 Å². The summed E-state index contributed by atoms with van der Waals surface area (Å²) in [5.74, 6) is -1.74. The lowest BCUT2D eigenvalue weighted by molar-refractivity contribution is -0.122. The van der Waals surface area contributed by atoms with Crippen LogP contribution in [0, 0.1) is 0 Å². The third kappa shape index (κ3) is 5.91. The van der Waals surface area contributed by atoms with Crippen molar-refractivity contribution in [2.75, 3.05) is 26.2 Å². The van der Waals surface area contributed by atoms with Gasteiger partial charge >= 0.3 is 12.0 Å². The number of rotatable bonds is 7. The summed E-state index contributed by atoms with van der Waals surface area (Å²) < 4.78 is 23.3. The van der Waals surface area contributed by atoms with Gasteiger partial charge in [0.05, 0.1) is 37.1 Å². The maximum absolute atomic E-state index is 13.4. The smallest absolute Gasteiger partial charge is 0.343 e. The second kappa shape index (κ2) is 12.2. The molecule has 1 saturated heterocycles. The first kappa shape index (κ1) is 29.3. The molecule has 1 fully saturated rings. The zero-order chi connectivity index (χ0) is 29.1. The molecule has 0 radical (unpaired) electrons. The van der Waals surface area contributed by atoms with E-state index in [2.05, 4.69) is 53.1 Å². The Morgan fingerprint density at radius 3 is 2.02 bits per heavy atom. The Labute approximate surface area is 253 Å². The monoisotopic (exact) mass is 736 g/mol. The lowest BCUT2D eigenvalue weighted by atomic mass is 10.1. The van der Waals surface area contributed by atoms with Crippen molar-refractivity contribution in [3.63, 3.8) is 0 Å². The number of barbiturate groups is 1. The molecule has 0 aliphatic carbocycles. The maximum Gasteiger partial charge on any atom is 0.343 e. The molecule has 0 spiro atoms. The van der Waals surface area contributed by atoms with E-state index >= 15 is 0 Å². The summed E-state index contributed by atoms with van der Waals surface area (Å²) in [7, 11) is 4.26. The number of nitrogens with zero attached hydrogens (tertiary/aromatic N) is 1. The highest BCUT2D eigenvalue weighted by molar-refractivity contribution is 9.11. The summed E-state index contributed by atoms with van der Waals surface area (Å²) in [6, 6.07) is 11.5. The zero-order valence-corrected chi connectivity index (χ0v) is 25.8. The first-order valence-electron chi connectivity index (χ1n) is 11.3. The average molecular weight is 739 g/mol. The van der Waals surface area contributed by atoms with Gasteiger partial charge in [0.2, 0.25) is 5.75 Å². The van der Waals surface area contributed by atoms with E-state index in [-0.39, 0.29) is 39.6 Å². The van der Waals surface area contributed by atoms with Crippen molar-refractivity contribution in [1.82, 2.24) is 5.32 Å². The van der Waals surface area contributed by atoms with Gasteiger partial charge in [0.15, 0.2) is 17.2 Å². The van der Waals surface area contributed by atoms with Gasteiger partial charge in [0.25, 0.3) is 11.8 Å². The molecule has 0 atom stereocenters. The largest absolute Gasteiger partial charge is 0.493 e. The van der Waals surface area contributed by atoms with E-state index in [9.17, 15) is 19.2 Å². The molecule has 1 aliphatic rings. The average Bonchev–Trinajstić information content (AvgIpc) is 2.92. The van der Waals surface area contributed by atoms with Crippen molar-refractivity contribution in [2.24, 2.45) is 0 Å². The fraction of sp³-hybridized carbons (Fsp3) is 0.111. The molecule has 40 heavy (non-hydrogen) atoms. The number of carbonyl (C=O) groups is 4. The molecule has 4 amide bonds. The fourth-order valence-electron chi connectivity index (χ4n) is 3.78. The van der Waals surface area contributed by atoms with Crippen LogP contribution in [-0.2, 0) is 9.59 Å². The summed E-state index contributed by atoms with van der Waals surface area (Å²) in [5, 5.41) is 2.17. The number of carbonyl (C=O) groups excluding carboxylic acids is 4. The number of anilines is 1. The predicted octanol–water partition coefficient (Wildman–Crippen LogP) is 5.89. The molecule has 1 N–H and O–H groups in total. The van der Waals surface area contributed by atoms with Crippen LogP contribution in [0.2, 0.25) is 0 Å². The normalized spacial score (nSPS) is 14.2. The summed E-state index contributed by atoms with van der Waals surface area (Å²) in [5.41, 5.74) is 0.193. The van der Waals surface area contributed by atoms with Gasteiger partial charge < -0.3 is 18.9 Å². The molecular weight excluding hydrogens is 720 g/mol. The highest BCUT2D eigenvalue weighted by Crippen LogP contribution is 2.40. The van der Waals surface area contributed by atoms with Gasteiger partial charge in [-0.2, -0.15) is 0 Å². The highest BCUT2D eigenvalue weighted by atomic mass is 79.9. The van der Waals surface area contributed by atoms with Crippen LogP contribution in [0.1, 0.15) is 15.9 Å². The number of esters is 1. The third-order valence-electron chi connectivity index (χ3n) is 5.62. The molecule has 1 aliphatic heterocycles. The number of halogens is 3. The van der Waals surface area contributed by atoms with Crippen LogP contribution in [0.15, 0.2) is 67.5 Å². The zero-order valence-electron chi connectivity index (χ0n) is 21.0. The lowest BCUT2D eigenvalue weighted by Gasteiger charge is -2.26. The van der Waals surface area contributed by atoms with Crippen LogP contribution in [0.3, 0.4) is 0 Å².